The fourth-order valence-corrected chi connectivity index (χ4v) is 2.30. The molecule has 0 saturated carbocycles. The van der Waals surface area contributed by atoms with Crippen molar-refractivity contribution in [2.75, 3.05) is 11.9 Å². The lowest BCUT2D eigenvalue weighted by atomic mass is 10.2. The molecule has 0 fully saturated rings. The summed E-state index contributed by atoms with van der Waals surface area (Å²) in [6.45, 7) is 2.55. The fourth-order valence-electron chi connectivity index (χ4n) is 1.90. The van der Waals surface area contributed by atoms with Crippen molar-refractivity contribution in [3.63, 3.8) is 0 Å². The number of nitrogens with one attached hydrogen (secondary N) is 2. The maximum atomic E-state index is 11.9. The van der Waals surface area contributed by atoms with E-state index in [9.17, 15) is 4.79 Å². The second-order valence-electron chi connectivity index (χ2n) is 4.79. The summed E-state index contributed by atoms with van der Waals surface area (Å²) in [5.41, 5.74) is 1.60. The first-order valence-corrected chi connectivity index (χ1v) is 8.14. The molecular formula is C18H17ClN2O2S. The lowest BCUT2D eigenvalue weighted by Gasteiger charge is -2.08. The highest BCUT2D eigenvalue weighted by atomic mass is 35.5. The van der Waals surface area contributed by atoms with Crippen LogP contribution >= 0.6 is 23.8 Å². The van der Waals surface area contributed by atoms with Gasteiger partial charge < -0.3 is 10.1 Å². The van der Waals surface area contributed by atoms with Crippen molar-refractivity contribution in [2.24, 2.45) is 0 Å². The molecular weight excluding hydrogens is 344 g/mol. The Morgan fingerprint density at radius 2 is 2.00 bits per heavy atom. The zero-order valence-corrected chi connectivity index (χ0v) is 14.7. The van der Waals surface area contributed by atoms with E-state index in [2.05, 4.69) is 10.6 Å². The molecule has 124 valence electrons. The van der Waals surface area contributed by atoms with Gasteiger partial charge in [-0.05, 0) is 61.1 Å². The molecule has 0 saturated heterocycles. The van der Waals surface area contributed by atoms with E-state index in [0.29, 0.717) is 17.3 Å². The van der Waals surface area contributed by atoms with Crippen molar-refractivity contribution in [3.05, 3.63) is 65.2 Å². The summed E-state index contributed by atoms with van der Waals surface area (Å²) >= 11 is 11.0. The summed E-state index contributed by atoms with van der Waals surface area (Å²) in [6, 6.07) is 14.5. The standard InChI is InChI=1S/C18H17ClN2O2S/c1-2-23-16-9-6-13(7-10-16)8-11-17(22)21-18(24)20-15-5-3-4-14(19)12-15/h3-12H,2H2,1H3,(H2,20,21,22,24)/b11-8+. The quantitative estimate of drug-likeness (QED) is 0.617. The van der Waals surface area contributed by atoms with Crippen LogP contribution in [0, 0.1) is 0 Å². The predicted molar refractivity (Wildman–Crippen MR) is 102 cm³/mol. The van der Waals surface area contributed by atoms with Crippen molar-refractivity contribution >= 4 is 46.6 Å². The molecule has 0 spiro atoms. The van der Waals surface area contributed by atoms with Crippen molar-refractivity contribution in [1.82, 2.24) is 5.32 Å². The molecule has 0 aliphatic heterocycles. The molecule has 2 N–H and O–H groups in total. The monoisotopic (exact) mass is 360 g/mol. The lowest BCUT2D eigenvalue weighted by Crippen LogP contribution is -2.32. The number of carbonyl (C=O) groups is 1. The molecule has 0 aliphatic carbocycles. The van der Waals surface area contributed by atoms with Crippen molar-refractivity contribution in [2.45, 2.75) is 6.92 Å². The zero-order valence-electron chi connectivity index (χ0n) is 13.1. The van der Waals surface area contributed by atoms with Crippen LogP contribution < -0.4 is 15.4 Å². The highest BCUT2D eigenvalue weighted by Crippen LogP contribution is 2.15. The predicted octanol–water partition coefficient (Wildman–Crippen LogP) is 4.27. The van der Waals surface area contributed by atoms with Crippen LogP contribution in [0.1, 0.15) is 12.5 Å². The van der Waals surface area contributed by atoms with Crippen LogP contribution in [0.4, 0.5) is 5.69 Å². The lowest BCUT2D eigenvalue weighted by molar-refractivity contribution is -0.115. The molecule has 6 heteroatoms. The number of thiocarbonyl (C=S) groups is 1. The fraction of sp³-hybridized carbons (Fsp3) is 0.111. The Morgan fingerprint density at radius 3 is 2.67 bits per heavy atom. The van der Waals surface area contributed by atoms with Crippen LogP contribution in [-0.2, 0) is 4.79 Å². The number of halogens is 1. The number of hydrogen-bond acceptors (Lipinski definition) is 3. The molecule has 2 rings (SSSR count). The van der Waals surface area contributed by atoms with Gasteiger partial charge in [-0.1, -0.05) is 29.8 Å². The van der Waals surface area contributed by atoms with Crippen molar-refractivity contribution in [1.29, 1.82) is 0 Å². The van der Waals surface area contributed by atoms with E-state index >= 15 is 0 Å². The molecule has 2 aromatic rings. The minimum atomic E-state index is -0.316. The highest BCUT2D eigenvalue weighted by molar-refractivity contribution is 7.80. The van der Waals surface area contributed by atoms with E-state index < -0.39 is 0 Å². The summed E-state index contributed by atoms with van der Waals surface area (Å²) in [7, 11) is 0. The minimum Gasteiger partial charge on any atom is -0.494 e. The Morgan fingerprint density at radius 1 is 1.25 bits per heavy atom. The Bertz CT molecular complexity index is 745. The molecule has 0 unspecified atom stereocenters. The van der Waals surface area contributed by atoms with Crippen LogP contribution in [-0.4, -0.2) is 17.6 Å². The summed E-state index contributed by atoms with van der Waals surface area (Å²) in [5.74, 6) is 0.481. The van der Waals surface area contributed by atoms with Gasteiger partial charge in [0.25, 0.3) is 0 Å². The number of carbonyl (C=O) groups excluding carboxylic acids is 1. The van der Waals surface area contributed by atoms with Gasteiger partial charge in [-0.25, -0.2) is 0 Å². The number of ether oxygens (including phenoxy) is 1. The molecule has 1 amide bonds. The van der Waals surface area contributed by atoms with Crippen LogP contribution in [0.25, 0.3) is 6.08 Å². The van der Waals surface area contributed by atoms with Crippen LogP contribution in [0.5, 0.6) is 5.75 Å². The molecule has 2 aromatic carbocycles. The van der Waals surface area contributed by atoms with E-state index in [1.54, 1.807) is 30.3 Å². The van der Waals surface area contributed by atoms with Gasteiger partial charge in [0.15, 0.2) is 5.11 Å². The minimum absolute atomic E-state index is 0.207. The SMILES string of the molecule is CCOc1ccc(/C=C/C(=O)NC(=S)Nc2cccc(Cl)c2)cc1. The summed E-state index contributed by atoms with van der Waals surface area (Å²) in [5, 5.41) is 6.27. The third kappa shape index (κ3) is 6.02. The number of amides is 1. The van der Waals surface area contributed by atoms with Gasteiger partial charge in [-0.3, -0.25) is 10.1 Å². The van der Waals surface area contributed by atoms with Gasteiger partial charge in [0.2, 0.25) is 5.91 Å². The van der Waals surface area contributed by atoms with Crippen LogP contribution in [0.3, 0.4) is 0 Å². The van der Waals surface area contributed by atoms with Gasteiger partial charge in [0.1, 0.15) is 5.75 Å². The Labute approximate surface area is 151 Å². The third-order valence-corrected chi connectivity index (χ3v) is 3.38. The van der Waals surface area contributed by atoms with E-state index in [0.717, 1.165) is 11.3 Å². The molecule has 0 bridgehead atoms. The van der Waals surface area contributed by atoms with E-state index in [4.69, 9.17) is 28.6 Å². The number of anilines is 1. The van der Waals surface area contributed by atoms with Gasteiger partial charge in [-0.15, -0.1) is 0 Å². The smallest absolute Gasteiger partial charge is 0.250 e. The largest absolute Gasteiger partial charge is 0.494 e. The zero-order chi connectivity index (χ0) is 17.4. The summed E-state index contributed by atoms with van der Waals surface area (Å²) < 4.78 is 5.37. The number of rotatable bonds is 5. The number of hydrogen-bond donors (Lipinski definition) is 2. The van der Waals surface area contributed by atoms with Gasteiger partial charge in [0, 0.05) is 16.8 Å². The van der Waals surface area contributed by atoms with Gasteiger partial charge in [0.05, 0.1) is 6.61 Å². The maximum Gasteiger partial charge on any atom is 0.250 e. The Kier molecular flexibility index (Phi) is 6.78. The normalized spacial score (nSPS) is 10.4. The first-order valence-electron chi connectivity index (χ1n) is 7.35. The highest BCUT2D eigenvalue weighted by Gasteiger charge is 2.02. The van der Waals surface area contributed by atoms with Crippen molar-refractivity contribution in [3.8, 4) is 5.75 Å². The summed E-state index contributed by atoms with van der Waals surface area (Å²) in [6.07, 6.45) is 3.12. The topological polar surface area (TPSA) is 50.4 Å². The first-order chi connectivity index (χ1) is 11.6. The second kappa shape index (κ2) is 9.05. The van der Waals surface area contributed by atoms with Crippen LogP contribution in [0.2, 0.25) is 5.02 Å². The molecule has 0 aromatic heterocycles. The maximum absolute atomic E-state index is 11.9. The first kappa shape index (κ1) is 18.0. The van der Waals surface area contributed by atoms with Gasteiger partial charge >= 0.3 is 0 Å². The van der Waals surface area contributed by atoms with Crippen LogP contribution in [0.15, 0.2) is 54.6 Å². The number of benzene rings is 2. The van der Waals surface area contributed by atoms with Gasteiger partial charge in [-0.2, -0.15) is 0 Å². The Balaban J connectivity index is 1.86. The molecule has 24 heavy (non-hydrogen) atoms. The molecule has 0 radical (unpaired) electrons. The second-order valence-corrected chi connectivity index (χ2v) is 5.63. The molecule has 0 atom stereocenters. The Hall–Kier alpha value is -2.37. The molecule has 0 aliphatic rings. The average Bonchev–Trinajstić information content (AvgIpc) is 2.54. The molecule has 4 nitrogen and oxygen atoms in total. The molecule has 0 heterocycles. The van der Waals surface area contributed by atoms with E-state index in [1.165, 1.54) is 6.08 Å². The van der Waals surface area contributed by atoms with E-state index in [1.807, 2.05) is 31.2 Å². The summed E-state index contributed by atoms with van der Waals surface area (Å²) in [4.78, 5) is 11.9. The average molecular weight is 361 g/mol. The van der Waals surface area contributed by atoms with E-state index in [-0.39, 0.29) is 11.0 Å². The third-order valence-electron chi connectivity index (χ3n) is 2.94. The van der Waals surface area contributed by atoms with Crippen molar-refractivity contribution < 1.29 is 9.53 Å².